The number of nitrogens with zero attached hydrogens (tertiary/aromatic N) is 1. The van der Waals surface area contributed by atoms with E-state index in [4.69, 9.17) is 0 Å². The van der Waals surface area contributed by atoms with Gasteiger partial charge in [0, 0.05) is 23.5 Å². The Morgan fingerprint density at radius 1 is 1.38 bits per heavy atom. The van der Waals surface area contributed by atoms with Crippen molar-refractivity contribution in [1.82, 2.24) is 10.3 Å². The number of aromatic nitrogens is 1. The molecule has 2 nitrogen and oxygen atoms in total. The molecule has 1 N–H and O–H groups in total. The van der Waals surface area contributed by atoms with E-state index in [0.29, 0.717) is 6.04 Å². The minimum atomic E-state index is 0.486. The quantitative estimate of drug-likeness (QED) is 0.885. The molecule has 1 unspecified atom stereocenters. The molecule has 0 radical (unpaired) electrons. The van der Waals surface area contributed by atoms with Gasteiger partial charge in [-0.1, -0.05) is 0 Å². The van der Waals surface area contributed by atoms with Crippen LogP contribution in [-0.4, -0.2) is 18.1 Å². The number of likely N-dealkylation sites (N-methyl/N-ethyl adjacent to an activating group) is 1. The zero-order valence-corrected chi connectivity index (χ0v) is 11.2. The Hall–Kier alpha value is -0.710. The summed E-state index contributed by atoms with van der Waals surface area (Å²) in [7, 11) is 2.03. The number of aryl methyl sites for hydroxylation is 1. The van der Waals surface area contributed by atoms with Crippen molar-refractivity contribution in [3.05, 3.63) is 38.5 Å². The van der Waals surface area contributed by atoms with Crippen molar-refractivity contribution in [3.63, 3.8) is 0 Å². The summed E-state index contributed by atoms with van der Waals surface area (Å²) in [5, 5.41) is 11.1. The predicted octanol–water partition coefficient (Wildman–Crippen LogP) is 2.89. The summed E-state index contributed by atoms with van der Waals surface area (Å²) >= 11 is 3.52. The monoisotopic (exact) mass is 252 g/mol. The van der Waals surface area contributed by atoms with Crippen LogP contribution in [0.1, 0.15) is 16.3 Å². The molecule has 0 saturated carbocycles. The normalized spacial score (nSPS) is 12.9. The van der Waals surface area contributed by atoms with Crippen molar-refractivity contribution in [2.75, 3.05) is 7.05 Å². The van der Waals surface area contributed by atoms with Crippen molar-refractivity contribution in [2.24, 2.45) is 0 Å². The Balaban J connectivity index is 1.95. The van der Waals surface area contributed by atoms with Gasteiger partial charge in [-0.15, -0.1) is 11.3 Å². The topological polar surface area (TPSA) is 24.9 Å². The van der Waals surface area contributed by atoms with E-state index in [1.807, 2.05) is 14.0 Å². The van der Waals surface area contributed by atoms with E-state index in [-0.39, 0.29) is 0 Å². The molecular formula is C12H16N2S2. The molecule has 1 atom stereocenters. The molecule has 0 aromatic carbocycles. The summed E-state index contributed by atoms with van der Waals surface area (Å²) in [4.78, 5) is 4.51. The van der Waals surface area contributed by atoms with Gasteiger partial charge in [0.25, 0.3) is 0 Å². The van der Waals surface area contributed by atoms with Crippen LogP contribution in [0.15, 0.2) is 22.2 Å². The van der Waals surface area contributed by atoms with E-state index < -0.39 is 0 Å². The molecule has 0 aliphatic heterocycles. The van der Waals surface area contributed by atoms with E-state index in [1.54, 1.807) is 22.7 Å². The van der Waals surface area contributed by atoms with E-state index in [9.17, 15) is 0 Å². The van der Waals surface area contributed by atoms with Crippen LogP contribution in [-0.2, 0) is 12.8 Å². The second kappa shape index (κ2) is 5.57. The third kappa shape index (κ3) is 3.14. The third-order valence-corrected chi connectivity index (χ3v) is 4.28. The van der Waals surface area contributed by atoms with Crippen LogP contribution in [0.5, 0.6) is 0 Å². The molecule has 4 heteroatoms. The minimum absolute atomic E-state index is 0.486. The smallest absolute Gasteiger partial charge is 0.0943 e. The number of hydrogen-bond acceptors (Lipinski definition) is 4. The molecule has 0 amide bonds. The SMILES string of the molecule is CNC(Cc1ccsc1)Cc1nc(C)cs1. The average molecular weight is 252 g/mol. The number of rotatable bonds is 5. The van der Waals surface area contributed by atoms with E-state index in [2.05, 4.69) is 32.5 Å². The van der Waals surface area contributed by atoms with Gasteiger partial charge in [0.05, 0.1) is 5.01 Å². The summed E-state index contributed by atoms with van der Waals surface area (Å²) in [6.07, 6.45) is 2.10. The van der Waals surface area contributed by atoms with Crippen molar-refractivity contribution in [2.45, 2.75) is 25.8 Å². The standard InChI is InChI=1S/C12H16N2S2/c1-9-7-16-12(14-9)6-11(13-2)5-10-3-4-15-8-10/h3-4,7-8,11,13H,5-6H2,1-2H3. The van der Waals surface area contributed by atoms with Gasteiger partial charge in [-0.05, 0) is 42.8 Å². The minimum Gasteiger partial charge on any atom is -0.316 e. The number of thiophene rings is 1. The molecule has 0 spiro atoms. The van der Waals surface area contributed by atoms with Crippen LogP contribution in [0.4, 0.5) is 0 Å². The van der Waals surface area contributed by atoms with Gasteiger partial charge in [0.1, 0.15) is 0 Å². The number of hydrogen-bond donors (Lipinski definition) is 1. The van der Waals surface area contributed by atoms with Crippen LogP contribution in [0, 0.1) is 6.92 Å². The fraction of sp³-hybridized carbons (Fsp3) is 0.417. The summed E-state index contributed by atoms with van der Waals surface area (Å²) in [5.74, 6) is 0. The highest BCUT2D eigenvalue weighted by Crippen LogP contribution is 2.14. The molecule has 2 heterocycles. The Morgan fingerprint density at radius 2 is 2.25 bits per heavy atom. The Morgan fingerprint density at radius 3 is 2.81 bits per heavy atom. The lowest BCUT2D eigenvalue weighted by Gasteiger charge is -2.13. The highest BCUT2D eigenvalue weighted by molar-refractivity contribution is 7.09. The maximum absolute atomic E-state index is 4.51. The molecule has 0 aliphatic carbocycles. The lowest BCUT2D eigenvalue weighted by atomic mass is 10.1. The second-order valence-corrected chi connectivity index (χ2v) is 5.63. The maximum atomic E-state index is 4.51. The lowest BCUT2D eigenvalue weighted by molar-refractivity contribution is 0.555. The van der Waals surface area contributed by atoms with E-state index in [0.717, 1.165) is 18.5 Å². The molecule has 2 aromatic heterocycles. The van der Waals surface area contributed by atoms with Crippen molar-refractivity contribution < 1.29 is 0 Å². The van der Waals surface area contributed by atoms with Gasteiger partial charge in [-0.2, -0.15) is 11.3 Å². The first-order valence-electron chi connectivity index (χ1n) is 5.37. The highest BCUT2D eigenvalue weighted by Gasteiger charge is 2.10. The predicted molar refractivity (Wildman–Crippen MR) is 71.4 cm³/mol. The molecular weight excluding hydrogens is 236 g/mol. The Kier molecular flexibility index (Phi) is 4.09. The first kappa shape index (κ1) is 11.8. The van der Waals surface area contributed by atoms with E-state index in [1.165, 1.54) is 10.6 Å². The van der Waals surface area contributed by atoms with E-state index >= 15 is 0 Å². The van der Waals surface area contributed by atoms with Crippen molar-refractivity contribution >= 4 is 22.7 Å². The van der Waals surface area contributed by atoms with Crippen LogP contribution >= 0.6 is 22.7 Å². The third-order valence-electron chi connectivity index (χ3n) is 2.56. The highest BCUT2D eigenvalue weighted by atomic mass is 32.1. The summed E-state index contributed by atoms with van der Waals surface area (Å²) in [6, 6.07) is 2.68. The van der Waals surface area contributed by atoms with Gasteiger partial charge in [-0.25, -0.2) is 4.98 Å². The molecule has 86 valence electrons. The van der Waals surface area contributed by atoms with Gasteiger partial charge >= 0.3 is 0 Å². The summed E-state index contributed by atoms with van der Waals surface area (Å²) < 4.78 is 0. The maximum Gasteiger partial charge on any atom is 0.0943 e. The molecule has 0 aliphatic rings. The first-order valence-corrected chi connectivity index (χ1v) is 7.19. The molecule has 2 aromatic rings. The first-order chi connectivity index (χ1) is 7.78. The van der Waals surface area contributed by atoms with Crippen molar-refractivity contribution in [1.29, 1.82) is 0 Å². The van der Waals surface area contributed by atoms with Gasteiger partial charge in [-0.3, -0.25) is 0 Å². The van der Waals surface area contributed by atoms with Gasteiger partial charge in [0.15, 0.2) is 0 Å². The second-order valence-electron chi connectivity index (χ2n) is 3.91. The number of nitrogens with one attached hydrogen (secondary N) is 1. The molecule has 2 rings (SSSR count). The largest absolute Gasteiger partial charge is 0.316 e. The fourth-order valence-electron chi connectivity index (χ4n) is 1.68. The van der Waals surface area contributed by atoms with Crippen molar-refractivity contribution in [3.8, 4) is 0 Å². The zero-order chi connectivity index (χ0) is 11.4. The fourth-order valence-corrected chi connectivity index (χ4v) is 3.21. The van der Waals surface area contributed by atoms with Gasteiger partial charge < -0.3 is 5.32 Å². The molecule has 0 fully saturated rings. The molecule has 0 saturated heterocycles. The Bertz CT molecular complexity index is 420. The van der Waals surface area contributed by atoms with Crippen LogP contribution in [0.2, 0.25) is 0 Å². The number of thiazole rings is 1. The molecule has 0 bridgehead atoms. The zero-order valence-electron chi connectivity index (χ0n) is 9.56. The van der Waals surface area contributed by atoms with Crippen LogP contribution in [0.25, 0.3) is 0 Å². The Labute approximate surface area is 104 Å². The average Bonchev–Trinajstić information content (AvgIpc) is 2.89. The van der Waals surface area contributed by atoms with Crippen LogP contribution < -0.4 is 5.32 Å². The van der Waals surface area contributed by atoms with Crippen LogP contribution in [0.3, 0.4) is 0 Å². The lowest BCUT2D eigenvalue weighted by Crippen LogP contribution is -2.29. The molecule has 16 heavy (non-hydrogen) atoms. The summed E-state index contributed by atoms with van der Waals surface area (Å²) in [5.41, 5.74) is 2.54. The van der Waals surface area contributed by atoms with Gasteiger partial charge in [0.2, 0.25) is 0 Å². The summed E-state index contributed by atoms with van der Waals surface area (Å²) in [6.45, 7) is 2.05.